The molecule has 0 atom stereocenters. The maximum absolute atomic E-state index is 12.3. The first-order valence-electron chi connectivity index (χ1n) is 9.76. The van der Waals surface area contributed by atoms with Crippen molar-refractivity contribution in [3.8, 4) is 11.5 Å². The first-order chi connectivity index (χ1) is 15.9. The van der Waals surface area contributed by atoms with E-state index in [0.717, 1.165) is 0 Å². The van der Waals surface area contributed by atoms with Crippen LogP contribution in [0.25, 0.3) is 6.08 Å². The Morgan fingerprint density at radius 2 is 1.91 bits per heavy atom. The van der Waals surface area contributed by atoms with E-state index in [1.54, 1.807) is 60.7 Å². The molecule has 0 amide bonds. The first kappa shape index (κ1) is 22.0. The number of ether oxygens (including phenoxy) is 3. The van der Waals surface area contributed by atoms with E-state index in [2.05, 4.69) is 4.99 Å². The number of non-ortho nitro benzene ring substituents is 1. The highest BCUT2D eigenvalue weighted by Crippen LogP contribution is 2.31. The van der Waals surface area contributed by atoms with Crippen LogP contribution in [-0.2, 0) is 16.1 Å². The van der Waals surface area contributed by atoms with E-state index < -0.39 is 10.9 Å². The van der Waals surface area contributed by atoms with Gasteiger partial charge in [0.05, 0.1) is 22.6 Å². The van der Waals surface area contributed by atoms with Crippen LogP contribution in [-0.4, -0.2) is 23.9 Å². The summed E-state index contributed by atoms with van der Waals surface area (Å²) in [6.07, 6.45) is 1.57. The minimum absolute atomic E-state index is 0.00907. The topological polar surface area (TPSA) is 100 Å². The fraction of sp³-hybridized carbons (Fsp3) is 0.0833. The van der Waals surface area contributed by atoms with Crippen LogP contribution in [0.5, 0.6) is 11.5 Å². The van der Waals surface area contributed by atoms with E-state index in [9.17, 15) is 14.9 Å². The van der Waals surface area contributed by atoms with Crippen LogP contribution in [0.4, 0.5) is 5.69 Å². The standard InChI is InChI=1S/C24H17ClN2O6/c1-31-22-13-15(9-10-21(22)32-14-16-5-4-6-17(11-16)27(29)30)12-20-24(28)33-23(26-20)18-7-2-3-8-19(18)25/h2-13H,14H2,1H3/b20-12-. The SMILES string of the molecule is COc1cc(/C=C2\N=C(c3ccccc3Cl)OC2=O)ccc1OCc1cccc([N+](=O)[O-])c1. The Morgan fingerprint density at radius 1 is 1.09 bits per heavy atom. The second kappa shape index (κ2) is 9.54. The van der Waals surface area contributed by atoms with Gasteiger partial charge < -0.3 is 14.2 Å². The van der Waals surface area contributed by atoms with Gasteiger partial charge in [-0.05, 0) is 41.5 Å². The molecule has 0 N–H and O–H groups in total. The molecule has 0 fully saturated rings. The minimum atomic E-state index is -0.588. The van der Waals surface area contributed by atoms with Crippen LogP contribution >= 0.6 is 11.6 Å². The number of cyclic esters (lactones) is 1. The summed E-state index contributed by atoms with van der Waals surface area (Å²) in [5, 5.41) is 11.4. The third kappa shape index (κ3) is 5.02. The number of nitrogens with zero attached hydrogens (tertiary/aromatic N) is 2. The molecule has 4 rings (SSSR count). The fourth-order valence-corrected chi connectivity index (χ4v) is 3.35. The summed E-state index contributed by atoms with van der Waals surface area (Å²) in [6.45, 7) is 0.121. The summed E-state index contributed by atoms with van der Waals surface area (Å²) < 4.78 is 16.4. The molecule has 0 radical (unpaired) electrons. The van der Waals surface area contributed by atoms with Gasteiger partial charge in [0.2, 0.25) is 5.90 Å². The van der Waals surface area contributed by atoms with E-state index >= 15 is 0 Å². The highest BCUT2D eigenvalue weighted by Gasteiger charge is 2.25. The van der Waals surface area contributed by atoms with E-state index in [4.69, 9.17) is 25.8 Å². The zero-order chi connectivity index (χ0) is 23.4. The number of esters is 1. The normalized spacial score (nSPS) is 14.1. The maximum atomic E-state index is 12.3. The smallest absolute Gasteiger partial charge is 0.363 e. The van der Waals surface area contributed by atoms with Crippen LogP contribution < -0.4 is 9.47 Å². The van der Waals surface area contributed by atoms with Crippen molar-refractivity contribution in [3.05, 3.63) is 104 Å². The Kier molecular flexibility index (Phi) is 6.37. The van der Waals surface area contributed by atoms with Crippen molar-refractivity contribution in [3.63, 3.8) is 0 Å². The maximum Gasteiger partial charge on any atom is 0.363 e. The molecule has 0 saturated heterocycles. The van der Waals surface area contributed by atoms with Crippen molar-refractivity contribution < 1.29 is 23.9 Å². The zero-order valence-electron chi connectivity index (χ0n) is 17.4. The van der Waals surface area contributed by atoms with Crippen LogP contribution in [0.15, 0.2) is 77.4 Å². The van der Waals surface area contributed by atoms with Gasteiger partial charge in [-0.1, -0.05) is 41.9 Å². The molecule has 0 saturated carbocycles. The van der Waals surface area contributed by atoms with Gasteiger partial charge in [0, 0.05) is 12.1 Å². The molecular weight excluding hydrogens is 448 g/mol. The number of aliphatic imine (C=N–C) groups is 1. The molecule has 0 spiro atoms. The van der Waals surface area contributed by atoms with Gasteiger partial charge in [0.15, 0.2) is 17.2 Å². The summed E-state index contributed by atoms with van der Waals surface area (Å²) in [5.41, 5.74) is 1.93. The van der Waals surface area contributed by atoms with Crippen LogP contribution in [0, 0.1) is 10.1 Å². The molecule has 1 aliphatic rings. The number of rotatable bonds is 7. The molecule has 0 bridgehead atoms. The van der Waals surface area contributed by atoms with Crippen LogP contribution in [0.3, 0.4) is 0 Å². The first-order valence-corrected chi connectivity index (χ1v) is 10.1. The molecular formula is C24H17ClN2O6. The molecule has 1 aliphatic heterocycles. The van der Waals surface area contributed by atoms with Crippen molar-refractivity contribution in [1.82, 2.24) is 0 Å². The van der Waals surface area contributed by atoms with Gasteiger partial charge in [0.25, 0.3) is 5.69 Å². The average Bonchev–Trinajstić information content (AvgIpc) is 3.18. The number of methoxy groups -OCH3 is 1. The Morgan fingerprint density at radius 3 is 2.67 bits per heavy atom. The fourth-order valence-electron chi connectivity index (χ4n) is 3.13. The minimum Gasteiger partial charge on any atom is -0.493 e. The molecule has 33 heavy (non-hydrogen) atoms. The van der Waals surface area contributed by atoms with Crippen molar-refractivity contribution in [2.75, 3.05) is 7.11 Å². The number of nitro groups is 1. The van der Waals surface area contributed by atoms with Gasteiger partial charge in [-0.25, -0.2) is 9.79 Å². The molecule has 3 aromatic carbocycles. The molecule has 3 aromatic rings. The third-order valence-electron chi connectivity index (χ3n) is 4.73. The lowest BCUT2D eigenvalue weighted by molar-refractivity contribution is -0.384. The second-order valence-electron chi connectivity index (χ2n) is 6.94. The summed E-state index contributed by atoms with van der Waals surface area (Å²) >= 11 is 6.16. The van der Waals surface area contributed by atoms with Crippen LogP contribution in [0.1, 0.15) is 16.7 Å². The summed E-state index contributed by atoms with van der Waals surface area (Å²) in [5.74, 6) is 0.424. The predicted octanol–water partition coefficient (Wildman–Crippen LogP) is 5.18. The number of halogens is 1. The number of hydrogen-bond donors (Lipinski definition) is 0. The lowest BCUT2D eigenvalue weighted by Crippen LogP contribution is -2.05. The highest BCUT2D eigenvalue weighted by atomic mass is 35.5. The molecule has 0 aromatic heterocycles. The number of nitro benzene ring substituents is 1. The van der Waals surface area contributed by atoms with Gasteiger partial charge in [-0.2, -0.15) is 0 Å². The molecule has 0 aliphatic carbocycles. The second-order valence-corrected chi connectivity index (χ2v) is 7.35. The van der Waals surface area contributed by atoms with Gasteiger partial charge >= 0.3 is 5.97 Å². The van der Waals surface area contributed by atoms with Crippen LogP contribution in [0.2, 0.25) is 5.02 Å². The summed E-state index contributed by atoms with van der Waals surface area (Å²) in [6, 6.07) is 18.2. The molecule has 166 valence electrons. The highest BCUT2D eigenvalue weighted by molar-refractivity contribution is 6.34. The van der Waals surface area contributed by atoms with E-state index in [1.165, 1.54) is 19.2 Å². The van der Waals surface area contributed by atoms with E-state index in [1.807, 2.05) is 0 Å². The number of carbonyl (C=O) groups is 1. The summed E-state index contributed by atoms with van der Waals surface area (Å²) in [7, 11) is 1.49. The Hall–Kier alpha value is -4.17. The number of benzene rings is 3. The summed E-state index contributed by atoms with van der Waals surface area (Å²) in [4.78, 5) is 27.0. The molecule has 0 unspecified atom stereocenters. The monoisotopic (exact) mass is 464 g/mol. The predicted molar refractivity (Wildman–Crippen MR) is 122 cm³/mol. The van der Waals surface area contributed by atoms with Crippen molar-refractivity contribution in [2.45, 2.75) is 6.61 Å². The van der Waals surface area contributed by atoms with Gasteiger partial charge in [-0.15, -0.1) is 0 Å². The average molecular weight is 465 g/mol. The number of hydrogen-bond acceptors (Lipinski definition) is 7. The lowest BCUT2D eigenvalue weighted by Gasteiger charge is -2.11. The van der Waals surface area contributed by atoms with E-state index in [0.29, 0.717) is 33.2 Å². The van der Waals surface area contributed by atoms with Crippen molar-refractivity contribution in [1.29, 1.82) is 0 Å². The van der Waals surface area contributed by atoms with Crippen molar-refractivity contribution in [2.24, 2.45) is 4.99 Å². The van der Waals surface area contributed by atoms with Crippen molar-refractivity contribution >= 4 is 35.2 Å². The quantitative estimate of drug-likeness (QED) is 0.207. The Labute approximate surface area is 193 Å². The number of carbonyl (C=O) groups excluding carboxylic acids is 1. The van der Waals surface area contributed by atoms with Gasteiger partial charge in [-0.3, -0.25) is 10.1 Å². The largest absolute Gasteiger partial charge is 0.493 e. The molecule has 9 heteroatoms. The van der Waals surface area contributed by atoms with Gasteiger partial charge in [0.1, 0.15) is 6.61 Å². The zero-order valence-corrected chi connectivity index (χ0v) is 18.1. The Balaban J connectivity index is 1.54. The lowest BCUT2D eigenvalue weighted by atomic mass is 10.1. The third-order valence-corrected chi connectivity index (χ3v) is 5.06. The molecule has 8 nitrogen and oxygen atoms in total. The van der Waals surface area contributed by atoms with E-state index in [-0.39, 0.29) is 23.9 Å². The Bertz CT molecular complexity index is 1300. The molecule has 1 heterocycles.